The van der Waals surface area contributed by atoms with Gasteiger partial charge in [-0.3, -0.25) is 4.79 Å². The molecule has 0 saturated heterocycles. The van der Waals surface area contributed by atoms with Crippen LogP contribution >= 0.6 is 11.8 Å². The zero-order valence-electron chi connectivity index (χ0n) is 19.7. The number of carbonyl (C=O) groups is 2. The number of thioether (sulfide) groups is 1. The fourth-order valence-corrected chi connectivity index (χ4v) is 4.01. The molecule has 0 bridgehead atoms. The molecule has 0 amide bonds. The molecule has 0 spiro atoms. The van der Waals surface area contributed by atoms with E-state index >= 15 is 0 Å². The van der Waals surface area contributed by atoms with Crippen molar-refractivity contribution >= 4 is 35.0 Å². The molecule has 0 N–H and O–H groups in total. The number of ether oxygens (including phenoxy) is 1. The minimum absolute atomic E-state index is 0.0599. The highest BCUT2D eigenvalue weighted by molar-refractivity contribution is 8.14. The molecule has 3 rings (SSSR count). The van der Waals surface area contributed by atoms with Gasteiger partial charge in [0.05, 0.1) is 0 Å². The van der Waals surface area contributed by atoms with Gasteiger partial charge >= 0.3 is 5.97 Å². The van der Waals surface area contributed by atoms with Crippen LogP contribution in [0.25, 0.3) is 12.2 Å². The van der Waals surface area contributed by atoms with Crippen LogP contribution in [0.1, 0.15) is 48.9 Å². The van der Waals surface area contributed by atoms with Crippen molar-refractivity contribution in [2.75, 3.05) is 0 Å². The van der Waals surface area contributed by atoms with Crippen LogP contribution in [0.3, 0.4) is 0 Å². The summed E-state index contributed by atoms with van der Waals surface area (Å²) in [6.07, 6.45) is 10.9. The summed E-state index contributed by atoms with van der Waals surface area (Å²) in [6, 6.07) is 23.3. The van der Waals surface area contributed by atoms with Gasteiger partial charge in [0.1, 0.15) is 5.75 Å². The molecule has 0 unspecified atom stereocenters. The molecule has 0 aliphatic carbocycles. The van der Waals surface area contributed by atoms with Gasteiger partial charge in [-0.15, -0.1) is 0 Å². The summed E-state index contributed by atoms with van der Waals surface area (Å²) in [7, 11) is 0. The number of esters is 1. The summed E-state index contributed by atoms with van der Waals surface area (Å²) in [5, 5.41) is -0.0599. The van der Waals surface area contributed by atoms with E-state index < -0.39 is 5.97 Å². The predicted molar refractivity (Wildman–Crippen MR) is 142 cm³/mol. The third-order valence-electron chi connectivity index (χ3n) is 5.12. The van der Waals surface area contributed by atoms with E-state index in [2.05, 4.69) is 38.1 Å². The number of aryl methyl sites for hydroxylation is 2. The van der Waals surface area contributed by atoms with Gasteiger partial charge in [-0.05, 0) is 83.3 Å². The molecular weight excluding hydrogens is 440 g/mol. The largest absolute Gasteiger partial charge is 0.423 e. The SMILES string of the molecule is CCCc1ccc(C=CC(=O)Oc2ccc(SC(=O)C=Cc3ccc(CCC)cc3)cc2)cc1. The number of benzene rings is 3. The Morgan fingerprint density at radius 2 is 1.21 bits per heavy atom. The lowest BCUT2D eigenvalue weighted by Crippen LogP contribution is -2.03. The zero-order valence-corrected chi connectivity index (χ0v) is 20.5. The third-order valence-corrected chi connectivity index (χ3v) is 5.97. The molecule has 0 atom stereocenters. The Balaban J connectivity index is 1.48. The van der Waals surface area contributed by atoms with Crippen LogP contribution in [0, 0.1) is 0 Å². The van der Waals surface area contributed by atoms with Crippen molar-refractivity contribution in [1.29, 1.82) is 0 Å². The van der Waals surface area contributed by atoms with E-state index in [9.17, 15) is 9.59 Å². The van der Waals surface area contributed by atoms with Crippen LogP contribution < -0.4 is 4.74 Å². The second-order valence-electron chi connectivity index (χ2n) is 7.96. The van der Waals surface area contributed by atoms with Crippen molar-refractivity contribution in [2.24, 2.45) is 0 Å². The summed E-state index contributed by atoms with van der Waals surface area (Å²) in [6.45, 7) is 4.31. The number of carbonyl (C=O) groups excluding carboxylic acids is 2. The molecular formula is C30H30O3S. The number of rotatable bonds is 10. The van der Waals surface area contributed by atoms with Crippen molar-refractivity contribution in [3.63, 3.8) is 0 Å². The maximum Gasteiger partial charge on any atom is 0.336 e. The Hall–Kier alpha value is -3.37. The van der Waals surface area contributed by atoms with Gasteiger partial charge in [0.2, 0.25) is 5.12 Å². The summed E-state index contributed by atoms with van der Waals surface area (Å²) in [4.78, 5) is 25.2. The van der Waals surface area contributed by atoms with Crippen LogP contribution in [0.2, 0.25) is 0 Å². The minimum atomic E-state index is -0.443. The van der Waals surface area contributed by atoms with Gasteiger partial charge in [0.25, 0.3) is 0 Å². The lowest BCUT2D eigenvalue weighted by Gasteiger charge is -2.03. The first-order chi connectivity index (χ1) is 16.6. The minimum Gasteiger partial charge on any atom is -0.423 e. The predicted octanol–water partition coefficient (Wildman–Crippen LogP) is 7.54. The lowest BCUT2D eigenvalue weighted by molar-refractivity contribution is -0.128. The van der Waals surface area contributed by atoms with Crippen LogP contribution in [0.15, 0.2) is 89.8 Å². The molecule has 0 heterocycles. The maximum atomic E-state index is 12.3. The molecule has 0 radical (unpaired) electrons. The van der Waals surface area contributed by atoms with E-state index in [0.29, 0.717) is 5.75 Å². The summed E-state index contributed by atoms with van der Waals surface area (Å²) < 4.78 is 5.36. The normalized spacial score (nSPS) is 11.2. The second kappa shape index (κ2) is 13.4. The third kappa shape index (κ3) is 8.53. The highest BCUT2D eigenvalue weighted by Crippen LogP contribution is 2.23. The highest BCUT2D eigenvalue weighted by atomic mass is 32.2. The molecule has 3 nitrogen and oxygen atoms in total. The van der Waals surface area contributed by atoms with E-state index in [4.69, 9.17) is 4.74 Å². The Labute approximate surface area is 206 Å². The molecule has 34 heavy (non-hydrogen) atoms. The summed E-state index contributed by atoms with van der Waals surface area (Å²) >= 11 is 1.13. The van der Waals surface area contributed by atoms with Crippen molar-refractivity contribution in [1.82, 2.24) is 0 Å². The second-order valence-corrected chi connectivity index (χ2v) is 9.04. The van der Waals surface area contributed by atoms with Crippen LogP contribution in [0.4, 0.5) is 0 Å². The standard InChI is InChI=1S/C30H30O3S/c1-3-5-23-7-11-25(12-8-23)15-21-29(31)33-27-17-19-28(20-18-27)34-30(32)22-16-26-13-9-24(6-4-2)10-14-26/h7-22H,3-6H2,1-2H3. The van der Waals surface area contributed by atoms with E-state index in [0.717, 1.165) is 53.5 Å². The first kappa shape index (κ1) is 25.3. The Bertz CT molecular complexity index is 1030. The monoisotopic (exact) mass is 470 g/mol. The maximum absolute atomic E-state index is 12.3. The van der Waals surface area contributed by atoms with Crippen LogP contribution in [0.5, 0.6) is 5.75 Å². The first-order valence-corrected chi connectivity index (χ1v) is 12.4. The number of hydrogen-bond acceptors (Lipinski definition) is 4. The molecule has 0 aliphatic heterocycles. The quantitative estimate of drug-likeness (QED) is 0.133. The van der Waals surface area contributed by atoms with Crippen molar-refractivity contribution in [3.05, 3.63) is 107 Å². The van der Waals surface area contributed by atoms with Gasteiger partial charge in [0.15, 0.2) is 0 Å². The smallest absolute Gasteiger partial charge is 0.336 e. The Kier molecular flexibility index (Phi) is 9.93. The number of hydrogen-bond donors (Lipinski definition) is 0. The molecule has 3 aromatic rings. The van der Waals surface area contributed by atoms with Crippen LogP contribution in [-0.2, 0) is 22.4 Å². The molecule has 0 aliphatic rings. The van der Waals surface area contributed by atoms with Crippen molar-refractivity contribution in [3.8, 4) is 5.75 Å². The first-order valence-electron chi connectivity index (χ1n) is 11.6. The van der Waals surface area contributed by atoms with Crippen molar-refractivity contribution < 1.29 is 14.3 Å². The fraction of sp³-hybridized carbons (Fsp3) is 0.200. The summed E-state index contributed by atoms with van der Waals surface area (Å²) in [5.74, 6) is -0.00513. The molecule has 0 saturated carbocycles. The highest BCUT2D eigenvalue weighted by Gasteiger charge is 2.04. The molecule has 0 aromatic heterocycles. The van der Waals surface area contributed by atoms with Crippen molar-refractivity contribution in [2.45, 2.75) is 44.4 Å². The van der Waals surface area contributed by atoms with Crippen LogP contribution in [-0.4, -0.2) is 11.1 Å². The van der Waals surface area contributed by atoms with E-state index in [1.807, 2.05) is 30.3 Å². The molecule has 174 valence electrons. The van der Waals surface area contributed by atoms with Gasteiger partial charge < -0.3 is 4.74 Å². The van der Waals surface area contributed by atoms with E-state index in [1.165, 1.54) is 17.2 Å². The van der Waals surface area contributed by atoms with Gasteiger partial charge in [0, 0.05) is 11.0 Å². The van der Waals surface area contributed by atoms with E-state index in [-0.39, 0.29) is 5.12 Å². The Morgan fingerprint density at radius 3 is 1.71 bits per heavy atom. The van der Waals surface area contributed by atoms with E-state index in [1.54, 1.807) is 36.4 Å². The lowest BCUT2D eigenvalue weighted by atomic mass is 10.1. The molecule has 3 aromatic carbocycles. The Morgan fingerprint density at radius 1 is 0.706 bits per heavy atom. The molecule has 4 heteroatoms. The zero-order chi connectivity index (χ0) is 24.2. The van der Waals surface area contributed by atoms with Gasteiger partial charge in [-0.25, -0.2) is 4.79 Å². The summed E-state index contributed by atoms with van der Waals surface area (Å²) in [5.41, 5.74) is 4.54. The average molecular weight is 471 g/mol. The molecule has 0 fully saturated rings. The van der Waals surface area contributed by atoms with Gasteiger partial charge in [-0.1, -0.05) is 81.3 Å². The average Bonchev–Trinajstić information content (AvgIpc) is 2.85. The topological polar surface area (TPSA) is 43.4 Å². The fourth-order valence-electron chi connectivity index (χ4n) is 3.37. The van der Waals surface area contributed by atoms with Gasteiger partial charge in [-0.2, -0.15) is 0 Å².